The van der Waals surface area contributed by atoms with Crippen molar-refractivity contribution in [2.75, 3.05) is 0 Å². The Morgan fingerprint density at radius 2 is 2.33 bits per heavy atom. The zero-order valence-corrected chi connectivity index (χ0v) is 9.14. The van der Waals surface area contributed by atoms with E-state index in [0.717, 1.165) is 0 Å². The highest BCUT2D eigenvalue weighted by Gasteiger charge is 2.21. The van der Waals surface area contributed by atoms with Gasteiger partial charge in [0.25, 0.3) is 0 Å². The van der Waals surface area contributed by atoms with Gasteiger partial charge in [0.15, 0.2) is 0 Å². The fourth-order valence-electron chi connectivity index (χ4n) is 1.42. The fourth-order valence-corrected chi connectivity index (χ4v) is 1.97. The summed E-state index contributed by atoms with van der Waals surface area (Å²) in [7, 11) is 0. The standard InChI is InChI=1S/C8H7BrN4O2/c9-6-3-1-2-5-8(13(14)15)11-7(4-10)12(5)6/h1-3H,4,10H2. The maximum absolute atomic E-state index is 10.7. The van der Waals surface area contributed by atoms with Crippen LogP contribution in [0.4, 0.5) is 5.82 Å². The molecular formula is C8H7BrN4O2. The number of imidazole rings is 1. The van der Waals surface area contributed by atoms with Crippen LogP contribution in [0.25, 0.3) is 5.52 Å². The zero-order chi connectivity index (χ0) is 11.0. The third kappa shape index (κ3) is 1.49. The van der Waals surface area contributed by atoms with Crippen molar-refractivity contribution in [1.82, 2.24) is 9.38 Å². The van der Waals surface area contributed by atoms with Crippen LogP contribution in [0.2, 0.25) is 0 Å². The van der Waals surface area contributed by atoms with Crippen LogP contribution in [0.3, 0.4) is 0 Å². The smallest absolute Gasteiger partial charge is 0.358 e. The molecule has 0 aliphatic rings. The topological polar surface area (TPSA) is 86.5 Å². The van der Waals surface area contributed by atoms with Crippen LogP contribution in [-0.2, 0) is 6.54 Å². The number of pyridine rings is 1. The first-order valence-corrected chi connectivity index (χ1v) is 4.94. The molecule has 0 amide bonds. The highest BCUT2D eigenvalue weighted by atomic mass is 79.9. The molecule has 0 radical (unpaired) electrons. The van der Waals surface area contributed by atoms with Crippen molar-refractivity contribution in [3.63, 3.8) is 0 Å². The summed E-state index contributed by atoms with van der Waals surface area (Å²) in [6.07, 6.45) is 0. The summed E-state index contributed by atoms with van der Waals surface area (Å²) in [6.45, 7) is 0.150. The van der Waals surface area contributed by atoms with Gasteiger partial charge in [-0.25, -0.2) is 0 Å². The molecule has 2 N–H and O–H groups in total. The number of hydrogen-bond acceptors (Lipinski definition) is 4. The minimum atomic E-state index is -0.513. The average Bonchev–Trinajstić information content (AvgIpc) is 2.58. The molecule has 0 fully saturated rings. The van der Waals surface area contributed by atoms with E-state index in [1.807, 2.05) is 0 Å². The largest absolute Gasteiger partial charge is 0.389 e. The number of fused-ring (bicyclic) bond motifs is 1. The Hall–Kier alpha value is -1.47. The van der Waals surface area contributed by atoms with E-state index in [-0.39, 0.29) is 12.4 Å². The number of hydrogen-bond donors (Lipinski definition) is 1. The van der Waals surface area contributed by atoms with Crippen molar-refractivity contribution >= 4 is 27.3 Å². The Labute approximate surface area is 93.0 Å². The summed E-state index contributed by atoms with van der Waals surface area (Å²) in [5.41, 5.74) is 5.91. The summed E-state index contributed by atoms with van der Waals surface area (Å²) >= 11 is 3.30. The predicted octanol–water partition coefficient (Wildman–Crippen LogP) is 1.46. The molecule has 0 aliphatic heterocycles. The highest BCUT2D eigenvalue weighted by Crippen LogP contribution is 2.24. The Bertz CT molecular complexity index is 537. The number of rotatable bonds is 2. The normalized spacial score (nSPS) is 10.8. The SMILES string of the molecule is NCc1nc([N+](=O)[O-])c2cccc(Br)n12. The number of nitrogens with zero attached hydrogens (tertiary/aromatic N) is 3. The van der Waals surface area contributed by atoms with E-state index in [4.69, 9.17) is 5.73 Å². The van der Waals surface area contributed by atoms with E-state index in [1.165, 1.54) is 0 Å². The van der Waals surface area contributed by atoms with Crippen molar-refractivity contribution in [2.45, 2.75) is 6.54 Å². The number of aromatic nitrogens is 2. The van der Waals surface area contributed by atoms with Gasteiger partial charge in [-0.05, 0) is 38.0 Å². The van der Waals surface area contributed by atoms with Crippen LogP contribution in [0.15, 0.2) is 22.8 Å². The van der Waals surface area contributed by atoms with Crippen LogP contribution >= 0.6 is 15.9 Å². The maximum atomic E-state index is 10.7. The molecule has 0 unspecified atom stereocenters. The van der Waals surface area contributed by atoms with Gasteiger partial charge in [-0.1, -0.05) is 6.07 Å². The van der Waals surface area contributed by atoms with E-state index in [2.05, 4.69) is 20.9 Å². The molecule has 0 bridgehead atoms. The van der Waals surface area contributed by atoms with E-state index in [1.54, 1.807) is 22.6 Å². The molecule has 78 valence electrons. The molecule has 0 spiro atoms. The predicted molar refractivity (Wildman–Crippen MR) is 57.4 cm³/mol. The summed E-state index contributed by atoms with van der Waals surface area (Å²) in [4.78, 5) is 14.1. The molecule has 2 rings (SSSR count). The van der Waals surface area contributed by atoms with Crippen LogP contribution < -0.4 is 5.73 Å². The van der Waals surface area contributed by atoms with Crippen molar-refractivity contribution in [2.24, 2.45) is 5.73 Å². The monoisotopic (exact) mass is 270 g/mol. The molecule has 6 nitrogen and oxygen atoms in total. The summed E-state index contributed by atoms with van der Waals surface area (Å²) in [5.74, 6) is 0.293. The lowest BCUT2D eigenvalue weighted by Crippen LogP contribution is -2.03. The molecule has 2 heterocycles. The van der Waals surface area contributed by atoms with E-state index >= 15 is 0 Å². The quantitative estimate of drug-likeness (QED) is 0.509. The van der Waals surface area contributed by atoms with Gasteiger partial charge in [0, 0.05) is 0 Å². The molecule has 0 saturated heterocycles. The zero-order valence-electron chi connectivity index (χ0n) is 7.55. The molecule has 15 heavy (non-hydrogen) atoms. The molecule has 0 aliphatic carbocycles. The first-order chi connectivity index (χ1) is 7.15. The van der Waals surface area contributed by atoms with Crippen molar-refractivity contribution in [3.05, 3.63) is 38.7 Å². The lowest BCUT2D eigenvalue weighted by molar-refractivity contribution is -0.387. The molecule has 2 aromatic rings. The van der Waals surface area contributed by atoms with E-state index in [0.29, 0.717) is 15.9 Å². The maximum Gasteiger partial charge on any atom is 0.389 e. The van der Waals surface area contributed by atoms with Crippen molar-refractivity contribution < 1.29 is 4.92 Å². The van der Waals surface area contributed by atoms with Crippen LogP contribution in [0, 0.1) is 10.1 Å². The molecule has 2 aromatic heterocycles. The van der Waals surface area contributed by atoms with Gasteiger partial charge in [0.1, 0.15) is 5.52 Å². The van der Waals surface area contributed by atoms with Crippen LogP contribution in [0.5, 0.6) is 0 Å². The molecule has 0 aromatic carbocycles. The first-order valence-electron chi connectivity index (χ1n) is 4.15. The molecule has 0 saturated carbocycles. The summed E-state index contributed by atoms with van der Waals surface area (Å²) in [5, 5.41) is 10.7. The molecular weight excluding hydrogens is 264 g/mol. The average molecular weight is 271 g/mol. The highest BCUT2D eigenvalue weighted by molar-refractivity contribution is 9.10. The van der Waals surface area contributed by atoms with Gasteiger partial charge in [0.2, 0.25) is 5.82 Å². The second-order valence-electron chi connectivity index (χ2n) is 2.88. The minimum absolute atomic E-state index is 0.150. The van der Waals surface area contributed by atoms with Gasteiger partial charge in [-0.15, -0.1) is 0 Å². The number of nitro groups is 1. The van der Waals surface area contributed by atoms with Crippen LogP contribution in [0.1, 0.15) is 5.82 Å². The van der Waals surface area contributed by atoms with Crippen molar-refractivity contribution in [3.8, 4) is 0 Å². The van der Waals surface area contributed by atoms with Crippen molar-refractivity contribution in [1.29, 1.82) is 0 Å². The van der Waals surface area contributed by atoms with Gasteiger partial charge < -0.3 is 15.8 Å². The van der Waals surface area contributed by atoms with E-state index in [9.17, 15) is 10.1 Å². The van der Waals surface area contributed by atoms with Crippen LogP contribution in [-0.4, -0.2) is 14.3 Å². The first kappa shape index (κ1) is 10.1. The Morgan fingerprint density at radius 3 is 2.93 bits per heavy atom. The summed E-state index contributed by atoms with van der Waals surface area (Å²) < 4.78 is 2.32. The Morgan fingerprint density at radius 1 is 1.60 bits per heavy atom. The second-order valence-corrected chi connectivity index (χ2v) is 3.69. The van der Waals surface area contributed by atoms with Gasteiger partial charge >= 0.3 is 5.82 Å². The number of nitrogens with two attached hydrogens (primary N) is 1. The summed E-state index contributed by atoms with van der Waals surface area (Å²) in [6, 6.07) is 5.13. The molecule has 7 heteroatoms. The third-order valence-corrected chi connectivity index (χ3v) is 2.64. The van der Waals surface area contributed by atoms with Gasteiger partial charge in [0.05, 0.1) is 11.1 Å². The minimum Gasteiger partial charge on any atom is -0.358 e. The third-order valence-electron chi connectivity index (χ3n) is 2.02. The van der Waals surface area contributed by atoms with Gasteiger partial charge in [-0.3, -0.25) is 4.40 Å². The second kappa shape index (κ2) is 3.59. The Kier molecular flexibility index (Phi) is 2.41. The van der Waals surface area contributed by atoms with E-state index < -0.39 is 4.92 Å². The number of halogens is 1. The lowest BCUT2D eigenvalue weighted by atomic mass is 10.4. The lowest BCUT2D eigenvalue weighted by Gasteiger charge is -1.97. The fraction of sp³-hybridized carbons (Fsp3) is 0.125. The molecule has 0 atom stereocenters. The Balaban J connectivity index is 2.87. The van der Waals surface area contributed by atoms with Gasteiger partial charge in [-0.2, -0.15) is 0 Å².